The van der Waals surface area contributed by atoms with Crippen molar-refractivity contribution in [3.8, 4) is 22.5 Å². The van der Waals surface area contributed by atoms with E-state index in [1.807, 2.05) is 6.92 Å². The first-order valence-corrected chi connectivity index (χ1v) is 11.7. The van der Waals surface area contributed by atoms with Gasteiger partial charge in [0.15, 0.2) is 0 Å². The minimum atomic E-state index is -4.67. The van der Waals surface area contributed by atoms with E-state index in [-0.39, 0.29) is 11.5 Å². The van der Waals surface area contributed by atoms with Gasteiger partial charge in [-0.3, -0.25) is 14.6 Å². The van der Waals surface area contributed by atoms with Crippen molar-refractivity contribution in [3.63, 3.8) is 0 Å². The Balaban J connectivity index is 1.71. The highest BCUT2D eigenvalue weighted by Gasteiger charge is 2.33. The maximum absolute atomic E-state index is 13.0. The molecule has 9 nitrogen and oxygen atoms in total. The highest BCUT2D eigenvalue weighted by Crippen LogP contribution is 2.31. The Labute approximate surface area is 222 Å². The topological polar surface area (TPSA) is 113 Å². The van der Waals surface area contributed by atoms with Gasteiger partial charge in [0.2, 0.25) is 11.9 Å². The number of amides is 2. The molecule has 200 valence electrons. The number of carbonyl (C=O) groups is 2. The van der Waals surface area contributed by atoms with E-state index in [1.165, 1.54) is 13.0 Å². The molecule has 0 radical (unpaired) electrons. The molecule has 4 aromatic rings. The summed E-state index contributed by atoms with van der Waals surface area (Å²) >= 11 is 0. The Bertz CT molecular complexity index is 1550. The molecule has 3 heterocycles. The zero-order valence-electron chi connectivity index (χ0n) is 21.5. The van der Waals surface area contributed by atoms with Crippen molar-refractivity contribution in [1.82, 2.24) is 19.9 Å². The van der Waals surface area contributed by atoms with Crippen LogP contribution in [0.1, 0.15) is 28.5 Å². The Morgan fingerprint density at radius 2 is 1.59 bits per heavy atom. The number of aryl methyl sites for hydroxylation is 1. The average Bonchev–Trinajstić information content (AvgIpc) is 2.89. The highest BCUT2D eigenvalue weighted by molar-refractivity contribution is 6.04. The number of aromatic nitrogens is 4. The quantitative estimate of drug-likeness (QED) is 0.349. The van der Waals surface area contributed by atoms with Gasteiger partial charge in [-0.1, -0.05) is 6.07 Å². The van der Waals surface area contributed by atoms with Crippen molar-refractivity contribution in [2.45, 2.75) is 20.0 Å². The van der Waals surface area contributed by atoms with E-state index in [0.717, 1.165) is 11.8 Å². The smallest absolute Gasteiger partial charge is 0.347 e. The molecule has 0 saturated heterocycles. The monoisotopic (exact) mass is 535 g/mol. The molecule has 39 heavy (non-hydrogen) atoms. The van der Waals surface area contributed by atoms with Crippen molar-refractivity contribution >= 4 is 29.3 Å². The van der Waals surface area contributed by atoms with Gasteiger partial charge >= 0.3 is 6.18 Å². The third kappa shape index (κ3) is 6.53. The molecule has 0 bridgehead atoms. The molecule has 0 atom stereocenters. The van der Waals surface area contributed by atoms with Crippen LogP contribution in [0.25, 0.3) is 22.5 Å². The second kappa shape index (κ2) is 10.9. The van der Waals surface area contributed by atoms with Crippen LogP contribution < -0.4 is 15.5 Å². The number of carbonyl (C=O) groups excluding carboxylic acids is 2. The summed E-state index contributed by atoms with van der Waals surface area (Å²) in [6, 6.07) is 12.3. The summed E-state index contributed by atoms with van der Waals surface area (Å²) in [6.07, 6.45) is -2.16. The number of benzene rings is 1. The van der Waals surface area contributed by atoms with E-state index >= 15 is 0 Å². The van der Waals surface area contributed by atoms with Crippen LogP contribution in [0.15, 0.2) is 60.9 Å². The molecule has 1 aromatic carbocycles. The van der Waals surface area contributed by atoms with E-state index in [9.17, 15) is 22.8 Å². The first kappa shape index (κ1) is 27.2. The highest BCUT2D eigenvalue weighted by atomic mass is 19.4. The number of nitrogens with zero attached hydrogens (tertiary/aromatic N) is 5. The number of anilines is 3. The first-order valence-electron chi connectivity index (χ1n) is 11.7. The number of hydrogen-bond donors (Lipinski definition) is 2. The van der Waals surface area contributed by atoms with Crippen LogP contribution in [0.3, 0.4) is 0 Å². The predicted molar refractivity (Wildman–Crippen MR) is 141 cm³/mol. The molecule has 0 aliphatic heterocycles. The van der Waals surface area contributed by atoms with Crippen LogP contribution in [0.5, 0.6) is 0 Å². The lowest BCUT2D eigenvalue weighted by molar-refractivity contribution is -0.141. The molecule has 0 spiro atoms. The molecule has 12 heteroatoms. The molecule has 0 aliphatic rings. The molecule has 4 rings (SSSR count). The second-order valence-corrected chi connectivity index (χ2v) is 8.86. The molecule has 2 N–H and O–H groups in total. The van der Waals surface area contributed by atoms with Gasteiger partial charge in [0.1, 0.15) is 11.5 Å². The van der Waals surface area contributed by atoms with E-state index in [2.05, 4.69) is 30.6 Å². The summed E-state index contributed by atoms with van der Waals surface area (Å²) in [5, 5.41) is 5.30. The molecule has 0 fully saturated rings. The largest absolute Gasteiger partial charge is 0.433 e. The van der Waals surface area contributed by atoms with Gasteiger partial charge < -0.3 is 15.5 Å². The van der Waals surface area contributed by atoms with Crippen LogP contribution in [-0.4, -0.2) is 45.8 Å². The second-order valence-electron chi connectivity index (χ2n) is 8.86. The van der Waals surface area contributed by atoms with Gasteiger partial charge in [-0.2, -0.15) is 13.2 Å². The third-order valence-corrected chi connectivity index (χ3v) is 5.56. The first-order chi connectivity index (χ1) is 18.4. The van der Waals surface area contributed by atoms with Crippen LogP contribution >= 0.6 is 0 Å². The van der Waals surface area contributed by atoms with E-state index in [4.69, 9.17) is 0 Å². The third-order valence-electron chi connectivity index (χ3n) is 5.56. The lowest BCUT2D eigenvalue weighted by Crippen LogP contribution is -2.15. The molecule has 2 amide bonds. The fraction of sp³-hybridized carbons (Fsp3) is 0.185. The van der Waals surface area contributed by atoms with E-state index in [1.54, 1.807) is 61.6 Å². The average molecular weight is 536 g/mol. The number of halogens is 3. The molecule has 3 aromatic heterocycles. The van der Waals surface area contributed by atoms with E-state index < -0.39 is 17.8 Å². The predicted octanol–water partition coefficient (Wildman–Crippen LogP) is 5.20. The Morgan fingerprint density at radius 3 is 2.28 bits per heavy atom. The lowest BCUT2D eigenvalue weighted by Gasteiger charge is -2.16. The summed E-state index contributed by atoms with van der Waals surface area (Å²) < 4.78 is 39.1. The molecule has 0 unspecified atom stereocenters. The Kier molecular flexibility index (Phi) is 7.56. The number of hydrogen-bond acceptors (Lipinski definition) is 7. The zero-order chi connectivity index (χ0) is 28.3. The fourth-order valence-electron chi connectivity index (χ4n) is 3.66. The van der Waals surface area contributed by atoms with Gasteiger partial charge in [-0.05, 0) is 55.0 Å². The summed E-state index contributed by atoms with van der Waals surface area (Å²) in [6.45, 7) is 3.26. The van der Waals surface area contributed by atoms with Gasteiger partial charge in [-0.15, -0.1) is 0 Å². The maximum atomic E-state index is 13.0. The van der Waals surface area contributed by atoms with Crippen molar-refractivity contribution in [2.24, 2.45) is 0 Å². The fourth-order valence-corrected chi connectivity index (χ4v) is 3.66. The van der Waals surface area contributed by atoms with Crippen LogP contribution in [0, 0.1) is 6.92 Å². The number of alkyl halides is 3. The van der Waals surface area contributed by atoms with Gasteiger partial charge in [0.25, 0.3) is 5.91 Å². The Morgan fingerprint density at radius 1 is 0.872 bits per heavy atom. The van der Waals surface area contributed by atoms with Crippen LogP contribution in [0.4, 0.5) is 30.6 Å². The molecule has 0 saturated carbocycles. The minimum Gasteiger partial charge on any atom is -0.347 e. The SMILES string of the molecule is CC(=O)Nc1cc(-c2cc(-c3cc(NC(=O)c4ccnc(C(F)(F)F)c4)ccc3C)nc(N(C)C)n2)ccn1. The molecular weight excluding hydrogens is 511 g/mol. The minimum absolute atomic E-state index is 0.175. The van der Waals surface area contributed by atoms with Gasteiger partial charge in [0.05, 0.1) is 11.4 Å². The normalized spacial score (nSPS) is 11.2. The van der Waals surface area contributed by atoms with E-state index in [0.29, 0.717) is 46.0 Å². The summed E-state index contributed by atoms with van der Waals surface area (Å²) in [5.74, 6) is -0.173. The standard InChI is InChI=1S/C27H24F3N7O2/c1-15-5-6-19(34-25(39)18-8-9-31-23(11-18)27(28,29)30)13-20(15)22-14-21(35-26(36-22)37(3)4)17-7-10-32-24(12-17)33-16(2)38/h5-14H,1-4H3,(H,34,39)(H,32,33,38). The van der Waals surface area contributed by atoms with Gasteiger partial charge in [-0.25, -0.2) is 15.0 Å². The van der Waals surface area contributed by atoms with Gasteiger partial charge in [0, 0.05) is 55.8 Å². The number of pyridine rings is 2. The van der Waals surface area contributed by atoms with Crippen molar-refractivity contribution in [2.75, 3.05) is 29.6 Å². The Hall–Kier alpha value is -4.87. The van der Waals surface area contributed by atoms with Crippen molar-refractivity contribution in [1.29, 1.82) is 0 Å². The molecular formula is C27H24F3N7O2. The summed E-state index contributed by atoms with van der Waals surface area (Å²) in [4.78, 5) is 42.7. The number of nitrogens with one attached hydrogen (secondary N) is 2. The maximum Gasteiger partial charge on any atom is 0.433 e. The lowest BCUT2D eigenvalue weighted by atomic mass is 10.0. The van der Waals surface area contributed by atoms with Crippen molar-refractivity contribution in [3.05, 3.63) is 77.7 Å². The summed E-state index contributed by atoms with van der Waals surface area (Å²) in [7, 11) is 3.59. The summed E-state index contributed by atoms with van der Waals surface area (Å²) in [5.41, 5.74) is 2.39. The zero-order valence-corrected chi connectivity index (χ0v) is 21.5. The van der Waals surface area contributed by atoms with Crippen LogP contribution in [0.2, 0.25) is 0 Å². The molecule has 0 aliphatic carbocycles. The number of rotatable bonds is 6. The van der Waals surface area contributed by atoms with Crippen molar-refractivity contribution < 1.29 is 22.8 Å². The van der Waals surface area contributed by atoms with Crippen LogP contribution in [-0.2, 0) is 11.0 Å².